The molecule has 0 bridgehead atoms. The summed E-state index contributed by atoms with van der Waals surface area (Å²) in [7, 11) is -1.66. The van der Waals surface area contributed by atoms with Crippen molar-refractivity contribution in [1.29, 1.82) is 0 Å². The number of nitrogens with one attached hydrogen (secondary N) is 1. The standard InChI is InChI=1S/C15H22N2O4S/c1-4-12-21-14-8-6-13(7-9-14)15(18)16-10-5-11-17(2)22(3,19)20/h4,6-9H,1,5,10-12H2,2-3H3,(H,16,18). The van der Waals surface area contributed by atoms with Crippen molar-refractivity contribution in [3.63, 3.8) is 0 Å². The van der Waals surface area contributed by atoms with Crippen LogP contribution >= 0.6 is 0 Å². The molecule has 1 N–H and O–H groups in total. The van der Waals surface area contributed by atoms with Crippen LogP contribution in [-0.2, 0) is 10.0 Å². The molecule has 1 rings (SSSR count). The zero-order chi connectivity index (χ0) is 16.6. The van der Waals surface area contributed by atoms with Crippen molar-refractivity contribution >= 4 is 15.9 Å². The molecule has 0 aromatic heterocycles. The number of carbonyl (C=O) groups excluding carboxylic acids is 1. The Hall–Kier alpha value is -1.86. The number of carbonyl (C=O) groups is 1. The molecule has 0 spiro atoms. The van der Waals surface area contributed by atoms with E-state index in [1.807, 2.05) is 0 Å². The fourth-order valence-corrected chi connectivity index (χ4v) is 2.09. The summed E-state index contributed by atoms with van der Waals surface area (Å²) in [5.41, 5.74) is 0.530. The first kappa shape index (κ1) is 18.2. The molecule has 6 nitrogen and oxygen atoms in total. The molecular formula is C15H22N2O4S. The Balaban J connectivity index is 2.38. The maximum atomic E-state index is 11.9. The van der Waals surface area contributed by atoms with Crippen LogP contribution in [0, 0.1) is 0 Å². The molecular weight excluding hydrogens is 304 g/mol. The van der Waals surface area contributed by atoms with Crippen molar-refractivity contribution in [2.24, 2.45) is 0 Å². The predicted octanol–water partition coefficient (Wildman–Crippen LogP) is 1.26. The summed E-state index contributed by atoms with van der Waals surface area (Å²) in [4.78, 5) is 11.9. The zero-order valence-electron chi connectivity index (χ0n) is 12.9. The molecule has 7 heteroatoms. The van der Waals surface area contributed by atoms with Crippen LogP contribution in [0.1, 0.15) is 16.8 Å². The van der Waals surface area contributed by atoms with Gasteiger partial charge in [-0.25, -0.2) is 12.7 Å². The summed E-state index contributed by atoms with van der Waals surface area (Å²) in [5, 5.41) is 2.75. The number of benzene rings is 1. The average Bonchev–Trinajstić information content (AvgIpc) is 2.48. The minimum Gasteiger partial charge on any atom is -0.490 e. The molecule has 0 aliphatic rings. The van der Waals surface area contributed by atoms with Crippen LogP contribution in [0.15, 0.2) is 36.9 Å². The van der Waals surface area contributed by atoms with Crippen LogP contribution in [0.25, 0.3) is 0 Å². The van der Waals surface area contributed by atoms with Crippen molar-refractivity contribution in [3.8, 4) is 5.75 Å². The summed E-state index contributed by atoms with van der Waals surface area (Å²) in [5.74, 6) is 0.475. The summed E-state index contributed by atoms with van der Waals surface area (Å²) < 4.78 is 29.0. The van der Waals surface area contributed by atoms with Crippen LogP contribution in [0.2, 0.25) is 0 Å². The van der Waals surface area contributed by atoms with Gasteiger partial charge in [0.25, 0.3) is 5.91 Å². The summed E-state index contributed by atoms with van der Waals surface area (Å²) in [6.07, 6.45) is 3.35. The van der Waals surface area contributed by atoms with Gasteiger partial charge < -0.3 is 10.1 Å². The lowest BCUT2D eigenvalue weighted by molar-refractivity contribution is 0.0953. The van der Waals surface area contributed by atoms with Crippen molar-refractivity contribution in [1.82, 2.24) is 9.62 Å². The smallest absolute Gasteiger partial charge is 0.251 e. The number of ether oxygens (including phenoxy) is 1. The van der Waals surface area contributed by atoms with E-state index in [1.54, 1.807) is 30.3 Å². The van der Waals surface area contributed by atoms with Gasteiger partial charge in [0.15, 0.2) is 0 Å². The van der Waals surface area contributed by atoms with Gasteiger partial charge in [0, 0.05) is 25.7 Å². The molecule has 0 unspecified atom stereocenters. The van der Waals surface area contributed by atoms with Gasteiger partial charge in [0.05, 0.1) is 6.26 Å². The van der Waals surface area contributed by atoms with E-state index in [0.717, 1.165) is 6.26 Å². The number of hydrogen-bond donors (Lipinski definition) is 1. The lowest BCUT2D eigenvalue weighted by Gasteiger charge is -2.13. The highest BCUT2D eigenvalue weighted by Crippen LogP contribution is 2.12. The Labute approximate surface area is 131 Å². The molecule has 1 amide bonds. The van der Waals surface area contributed by atoms with E-state index in [2.05, 4.69) is 11.9 Å². The molecule has 22 heavy (non-hydrogen) atoms. The third kappa shape index (κ3) is 6.28. The maximum Gasteiger partial charge on any atom is 0.251 e. The van der Waals surface area contributed by atoms with Crippen molar-refractivity contribution in [3.05, 3.63) is 42.5 Å². The fraction of sp³-hybridized carbons (Fsp3) is 0.400. The van der Waals surface area contributed by atoms with Gasteiger partial charge in [-0.1, -0.05) is 12.7 Å². The van der Waals surface area contributed by atoms with Crippen LogP contribution in [0.4, 0.5) is 0 Å². The molecule has 0 saturated heterocycles. The largest absolute Gasteiger partial charge is 0.490 e. The third-order valence-corrected chi connectivity index (χ3v) is 4.30. The van der Waals surface area contributed by atoms with Gasteiger partial charge in [-0.2, -0.15) is 0 Å². The monoisotopic (exact) mass is 326 g/mol. The third-order valence-electron chi connectivity index (χ3n) is 2.99. The SMILES string of the molecule is C=CCOc1ccc(C(=O)NCCCN(C)S(C)(=O)=O)cc1. The lowest BCUT2D eigenvalue weighted by Crippen LogP contribution is -2.30. The highest BCUT2D eigenvalue weighted by molar-refractivity contribution is 7.88. The average molecular weight is 326 g/mol. The summed E-state index contributed by atoms with van der Waals surface area (Å²) in [6, 6.07) is 6.79. The minimum atomic E-state index is -3.17. The molecule has 0 aliphatic carbocycles. The second-order valence-corrected chi connectivity index (χ2v) is 6.91. The first-order valence-corrected chi connectivity index (χ1v) is 8.72. The number of rotatable bonds is 9. The molecule has 0 fully saturated rings. The van der Waals surface area contributed by atoms with Gasteiger partial charge >= 0.3 is 0 Å². The Bertz CT molecular complexity index is 596. The second kappa shape index (κ2) is 8.55. The first-order chi connectivity index (χ1) is 10.3. The quantitative estimate of drug-likeness (QED) is 0.547. The maximum absolute atomic E-state index is 11.9. The van der Waals surface area contributed by atoms with Gasteiger partial charge in [0.2, 0.25) is 10.0 Å². The zero-order valence-corrected chi connectivity index (χ0v) is 13.7. The van der Waals surface area contributed by atoms with E-state index in [-0.39, 0.29) is 5.91 Å². The highest BCUT2D eigenvalue weighted by atomic mass is 32.2. The van der Waals surface area contributed by atoms with Gasteiger partial charge in [-0.15, -0.1) is 0 Å². The molecule has 122 valence electrons. The van der Waals surface area contributed by atoms with Crippen molar-refractivity contribution < 1.29 is 17.9 Å². The highest BCUT2D eigenvalue weighted by Gasteiger charge is 2.10. The van der Waals surface area contributed by atoms with E-state index in [0.29, 0.717) is 37.4 Å². The van der Waals surface area contributed by atoms with Crippen molar-refractivity contribution in [2.75, 3.05) is 33.0 Å². The van der Waals surface area contributed by atoms with Gasteiger partial charge in [-0.3, -0.25) is 4.79 Å². The molecule has 0 radical (unpaired) electrons. The summed E-state index contributed by atoms with van der Waals surface area (Å²) >= 11 is 0. The predicted molar refractivity (Wildman–Crippen MR) is 86.6 cm³/mol. The van der Waals surface area contributed by atoms with Crippen LogP contribution in [-0.4, -0.2) is 51.6 Å². The van der Waals surface area contributed by atoms with E-state index < -0.39 is 10.0 Å². The number of amides is 1. The first-order valence-electron chi connectivity index (χ1n) is 6.88. The van der Waals surface area contributed by atoms with Crippen molar-refractivity contribution in [2.45, 2.75) is 6.42 Å². The molecule has 0 heterocycles. The van der Waals surface area contributed by atoms with E-state index >= 15 is 0 Å². The van der Waals surface area contributed by atoms with Gasteiger partial charge in [-0.05, 0) is 30.7 Å². The fourth-order valence-electron chi connectivity index (χ4n) is 1.63. The Kier molecular flexibility index (Phi) is 7.07. The summed E-state index contributed by atoms with van der Waals surface area (Å²) in [6.45, 7) is 4.76. The number of nitrogens with zero attached hydrogens (tertiary/aromatic N) is 1. The Morgan fingerprint density at radius 1 is 1.36 bits per heavy atom. The second-order valence-electron chi connectivity index (χ2n) is 4.82. The lowest BCUT2D eigenvalue weighted by atomic mass is 10.2. The molecule has 0 saturated carbocycles. The van der Waals surface area contributed by atoms with Gasteiger partial charge in [0.1, 0.15) is 12.4 Å². The van der Waals surface area contributed by atoms with E-state index in [4.69, 9.17) is 4.74 Å². The number of sulfonamides is 1. The molecule has 0 aliphatic heterocycles. The normalized spacial score (nSPS) is 11.2. The minimum absolute atomic E-state index is 0.197. The molecule has 1 aromatic rings. The topological polar surface area (TPSA) is 75.7 Å². The van der Waals surface area contributed by atoms with Crippen LogP contribution < -0.4 is 10.1 Å². The van der Waals surface area contributed by atoms with Crippen LogP contribution in [0.3, 0.4) is 0 Å². The number of hydrogen-bond acceptors (Lipinski definition) is 4. The Morgan fingerprint density at radius 2 is 2.00 bits per heavy atom. The Morgan fingerprint density at radius 3 is 2.55 bits per heavy atom. The van der Waals surface area contributed by atoms with Crippen LogP contribution in [0.5, 0.6) is 5.75 Å². The van der Waals surface area contributed by atoms with E-state index in [1.165, 1.54) is 11.4 Å². The van der Waals surface area contributed by atoms with E-state index in [9.17, 15) is 13.2 Å². The molecule has 1 aromatic carbocycles. The molecule has 0 atom stereocenters.